The molecule has 0 atom stereocenters. The number of hydrogen-bond donors (Lipinski definition) is 3. The highest BCUT2D eigenvalue weighted by molar-refractivity contribution is 6.05. The third-order valence-corrected chi connectivity index (χ3v) is 4.75. The molecule has 0 radical (unpaired) electrons. The molecular formula is C22H20FN5O3. The molecule has 8 nitrogen and oxygen atoms in total. The maximum atomic E-state index is 14.1. The molecule has 3 N–H and O–H groups in total. The van der Waals surface area contributed by atoms with E-state index in [-0.39, 0.29) is 12.2 Å². The van der Waals surface area contributed by atoms with Gasteiger partial charge in [0.15, 0.2) is 0 Å². The van der Waals surface area contributed by atoms with Gasteiger partial charge in [-0.05, 0) is 50.2 Å². The topological polar surface area (TPSA) is 101 Å². The first-order chi connectivity index (χ1) is 14.9. The first-order valence-electron chi connectivity index (χ1n) is 9.54. The summed E-state index contributed by atoms with van der Waals surface area (Å²) in [6, 6.07) is 10.7. The zero-order valence-corrected chi connectivity index (χ0v) is 16.9. The number of carbonyl (C=O) groups is 2. The summed E-state index contributed by atoms with van der Waals surface area (Å²) in [5.41, 5.74) is 3.10. The molecule has 1 aromatic carbocycles. The van der Waals surface area contributed by atoms with Crippen LogP contribution in [0.15, 0.2) is 59.3 Å². The maximum absolute atomic E-state index is 14.1. The van der Waals surface area contributed by atoms with Gasteiger partial charge in [0.25, 0.3) is 5.91 Å². The van der Waals surface area contributed by atoms with Crippen molar-refractivity contribution in [2.45, 2.75) is 20.4 Å². The number of urea groups is 1. The third-order valence-electron chi connectivity index (χ3n) is 4.75. The van der Waals surface area contributed by atoms with E-state index in [9.17, 15) is 14.0 Å². The molecule has 4 aromatic rings. The predicted molar refractivity (Wildman–Crippen MR) is 114 cm³/mol. The Bertz CT molecular complexity index is 1280. The highest BCUT2D eigenvalue weighted by atomic mass is 19.1. The lowest BCUT2D eigenvalue weighted by atomic mass is 10.2. The number of nitrogens with one attached hydrogen (secondary N) is 3. The molecule has 9 heteroatoms. The molecule has 0 bridgehead atoms. The van der Waals surface area contributed by atoms with Crippen LogP contribution in [0.3, 0.4) is 0 Å². The molecule has 0 saturated heterocycles. The van der Waals surface area contributed by atoms with Gasteiger partial charge in [-0.1, -0.05) is 6.07 Å². The van der Waals surface area contributed by atoms with Crippen molar-refractivity contribution >= 4 is 29.0 Å². The number of fused-ring (bicyclic) bond motifs is 1. The van der Waals surface area contributed by atoms with Crippen LogP contribution in [0, 0.1) is 19.7 Å². The smallest absolute Gasteiger partial charge is 0.319 e. The molecule has 4 rings (SSSR count). The molecule has 0 spiro atoms. The van der Waals surface area contributed by atoms with E-state index in [1.807, 2.05) is 35.7 Å². The summed E-state index contributed by atoms with van der Waals surface area (Å²) >= 11 is 0. The van der Waals surface area contributed by atoms with Crippen LogP contribution in [-0.4, -0.2) is 21.3 Å². The molecule has 3 heterocycles. The van der Waals surface area contributed by atoms with E-state index in [0.29, 0.717) is 22.7 Å². The molecule has 0 aliphatic carbocycles. The number of benzene rings is 1. The number of anilines is 2. The Hall–Kier alpha value is -4.14. The summed E-state index contributed by atoms with van der Waals surface area (Å²) in [5.74, 6) is -0.705. The van der Waals surface area contributed by atoms with Crippen molar-refractivity contribution in [2.75, 3.05) is 10.6 Å². The number of imidazole rings is 1. The van der Waals surface area contributed by atoms with E-state index in [1.165, 1.54) is 30.5 Å². The van der Waals surface area contributed by atoms with Crippen molar-refractivity contribution < 1.29 is 18.4 Å². The highest BCUT2D eigenvalue weighted by Crippen LogP contribution is 2.21. The number of hydrogen-bond acceptors (Lipinski definition) is 4. The van der Waals surface area contributed by atoms with Gasteiger partial charge in [-0.25, -0.2) is 14.2 Å². The van der Waals surface area contributed by atoms with Gasteiger partial charge in [-0.15, -0.1) is 0 Å². The van der Waals surface area contributed by atoms with E-state index < -0.39 is 17.8 Å². The number of pyridine rings is 1. The van der Waals surface area contributed by atoms with Crippen molar-refractivity contribution in [3.8, 4) is 0 Å². The van der Waals surface area contributed by atoms with Gasteiger partial charge in [0.05, 0.1) is 29.8 Å². The van der Waals surface area contributed by atoms with E-state index in [1.54, 1.807) is 6.92 Å². The predicted octanol–water partition coefficient (Wildman–Crippen LogP) is 4.26. The Morgan fingerprint density at radius 1 is 1.13 bits per heavy atom. The first-order valence-corrected chi connectivity index (χ1v) is 9.54. The zero-order chi connectivity index (χ0) is 22.0. The Morgan fingerprint density at radius 3 is 2.71 bits per heavy atom. The monoisotopic (exact) mass is 421 g/mol. The summed E-state index contributed by atoms with van der Waals surface area (Å²) in [7, 11) is 0. The fourth-order valence-electron chi connectivity index (χ4n) is 3.14. The van der Waals surface area contributed by atoms with Crippen molar-refractivity contribution in [3.63, 3.8) is 0 Å². The summed E-state index contributed by atoms with van der Waals surface area (Å²) < 4.78 is 21.2. The summed E-state index contributed by atoms with van der Waals surface area (Å²) in [6.07, 6.45) is 3.24. The highest BCUT2D eigenvalue weighted by Gasteiger charge is 2.15. The fraction of sp³-hybridized carbons (Fsp3) is 0.136. The molecule has 158 valence electrons. The van der Waals surface area contributed by atoms with Crippen LogP contribution in [0.4, 0.5) is 20.6 Å². The van der Waals surface area contributed by atoms with E-state index in [4.69, 9.17) is 4.42 Å². The number of carbonyl (C=O) groups excluding carboxylic acids is 2. The molecule has 3 aromatic heterocycles. The first kappa shape index (κ1) is 20.1. The molecule has 0 fully saturated rings. The summed E-state index contributed by atoms with van der Waals surface area (Å²) in [5, 5.41) is 7.82. The average molecular weight is 421 g/mol. The van der Waals surface area contributed by atoms with Gasteiger partial charge in [-0.2, -0.15) is 0 Å². The molecular weight excluding hydrogens is 401 g/mol. The van der Waals surface area contributed by atoms with Gasteiger partial charge >= 0.3 is 6.03 Å². The second kappa shape index (κ2) is 8.31. The van der Waals surface area contributed by atoms with E-state index in [0.717, 1.165) is 11.3 Å². The SMILES string of the molecule is Cc1occc1C(=O)Nc1cc(NC(=O)NCc2cn3c(C)cccc3n2)ccc1F. The normalized spacial score (nSPS) is 10.8. The molecule has 0 saturated carbocycles. The number of furan rings is 1. The molecule has 0 aliphatic heterocycles. The standard InChI is InChI=1S/C22H20FN5O3/c1-13-4-3-5-20-25-16(12-28(13)20)11-24-22(30)26-15-6-7-18(23)19(10-15)27-21(29)17-8-9-31-14(17)2/h3-10,12H,11H2,1-2H3,(H,27,29)(H2,24,26,30). The van der Waals surface area contributed by atoms with E-state index in [2.05, 4.69) is 20.9 Å². The van der Waals surface area contributed by atoms with Crippen LogP contribution in [0.1, 0.15) is 27.5 Å². The number of amides is 3. The van der Waals surface area contributed by atoms with Crippen LogP contribution in [0.25, 0.3) is 5.65 Å². The van der Waals surface area contributed by atoms with Gasteiger partial charge in [0, 0.05) is 17.6 Å². The number of nitrogens with zero attached hydrogens (tertiary/aromatic N) is 2. The second-order valence-corrected chi connectivity index (χ2v) is 6.97. The lowest BCUT2D eigenvalue weighted by molar-refractivity contribution is 0.102. The van der Waals surface area contributed by atoms with E-state index >= 15 is 0 Å². The van der Waals surface area contributed by atoms with Crippen LogP contribution in [-0.2, 0) is 6.54 Å². The largest absolute Gasteiger partial charge is 0.469 e. The van der Waals surface area contributed by atoms with Crippen molar-refractivity contribution in [2.24, 2.45) is 0 Å². The molecule has 31 heavy (non-hydrogen) atoms. The lowest BCUT2D eigenvalue weighted by Crippen LogP contribution is -2.28. The number of aromatic nitrogens is 2. The minimum atomic E-state index is -0.625. The fourth-order valence-corrected chi connectivity index (χ4v) is 3.14. The summed E-state index contributed by atoms with van der Waals surface area (Å²) in [6.45, 7) is 3.83. The minimum absolute atomic E-state index is 0.0563. The second-order valence-electron chi connectivity index (χ2n) is 6.97. The van der Waals surface area contributed by atoms with Crippen LogP contribution in [0.5, 0.6) is 0 Å². The molecule has 0 unspecified atom stereocenters. The van der Waals surface area contributed by atoms with Gasteiger partial charge in [0.1, 0.15) is 17.2 Å². The van der Waals surface area contributed by atoms with Gasteiger partial charge < -0.3 is 24.8 Å². The van der Waals surface area contributed by atoms with Crippen molar-refractivity contribution in [1.29, 1.82) is 0 Å². The molecule has 3 amide bonds. The Labute approximate surface area is 177 Å². The van der Waals surface area contributed by atoms with Crippen LogP contribution >= 0.6 is 0 Å². The number of rotatable bonds is 5. The van der Waals surface area contributed by atoms with Gasteiger partial charge in [-0.3, -0.25) is 4.79 Å². The van der Waals surface area contributed by atoms with Crippen LogP contribution < -0.4 is 16.0 Å². The van der Waals surface area contributed by atoms with Gasteiger partial charge in [0.2, 0.25) is 0 Å². The minimum Gasteiger partial charge on any atom is -0.469 e. The quantitative estimate of drug-likeness (QED) is 0.448. The molecule has 0 aliphatic rings. The zero-order valence-electron chi connectivity index (χ0n) is 16.9. The third kappa shape index (κ3) is 4.40. The number of halogens is 1. The van der Waals surface area contributed by atoms with Crippen LogP contribution in [0.2, 0.25) is 0 Å². The maximum Gasteiger partial charge on any atom is 0.319 e. The lowest BCUT2D eigenvalue weighted by Gasteiger charge is -2.10. The Balaban J connectivity index is 1.39. The Kier molecular flexibility index (Phi) is 5.40. The van der Waals surface area contributed by atoms with Crippen molar-refractivity contribution in [3.05, 3.63) is 83.5 Å². The van der Waals surface area contributed by atoms with Crippen molar-refractivity contribution in [1.82, 2.24) is 14.7 Å². The summed E-state index contributed by atoms with van der Waals surface area (Å²) in [4.78, 5) is 29.0. The average Bonchev–Trinajstić information content (AvgIpc) is 3.35. The Morgan fingerprint density at radius 2 is 1.97 bits per heavy atom. The number of aryl methyl sites for hydroxylation is 2.